The van der Waals surface area contributed by atoms with Gasteiger partial charge in [0.1, 0.15) is 18.1 Å². The standard InChI is InChI=1S/C32H32ClNO5/c1-23-21-29(12-13-31(23)39-22-32(36)37)38-20-16-30(26-8-10-27(33)11-9-26)25-6-4-24(5-7-25)3-2-17-34-18-14-28(35)15-19-34/h4-13,16,21,28,35H,14-15,17-20,22H2,1H3,(H,36,37). The van der Waals surface area contributed by atoms with E-state index in [1.54, 1.807) is 12.1 Å². The zero-order valence-corrected chi connectivity index (χ0v) is 22.7. The van der Waals surface area contributed by atoms with E-state index < -0.39 is 5.97 Å². The maximum Gasteiger partial charge on any atom is 0.341 e. The van der Waals surface area contributed by atoms with E-state index in [1.807, 2.05) is 55.5 Å². The van der Waals surface area contributed by atoms with Crippen molar-refractivity contribution in [3.8, 4) is 23.3 Å². The number of aliphatic hydroxyl groups is 1. The fraction of sp³-hybridized carbons (Fsp3) is 0.281. The molecule has 7 heteroatoms. The molecule has 0 spiro atoms. The summed E-state index contributed by atoms with van der Waals surface area (Å²) in [5.41, 5.74) is 4.80. The number of aryl methyl sites for hydroxylation is 1. The fourth-order valence-electron chi connectivity index (χ4n) is 4.33. The van der Waals surface area contributed by atoms with Gasteiger partial charge in [-0.1, -0.05) is 47.7 Å². The number of nitrogens with zero attached hydrogens (tertiary/aromatic N) is 1. The van der Waals surface area contributed by atoms with Gasteiger partial charge in [0.05, 0.1) is 12.6 Å². The van der Waals surface area contributed by atoms with Crippen LogP contribution < -0.4 is 9.47 Å². The van der Waals surface area contributed by atoms with Gasteiger partial charge in [-0.05, 0) is 90.6 Å². The van der Waals surface area contributed by atoms with Crippen LogP contribution in [0.5, 0.6) is 11.5 Å². The van der Waals surface area contributed by atoms with Gasteiger partial charge in [0.15, 0.2) is 6.61 Å². The second-order valence-corrected chi connectivity index (χ2v) is 9.87. The molecule has 3 aromatic rings. The third-order valence-electron chi connectivity index (χ3n) is 6.48. The summed E-state index contributed by atoms with van der Waals surface area (Å²) in [4.78, 5) is 13.0. The first-order valence-corrected chi connectivity index (χ1v) is 13.3. The predicted octanol–water partition coefficient (Wildman–Crippen LogP) is 5.43. The molecule has 0 unspecified atom stereocenters. The van der Waals surface area contributed by atoms with E-state index >= 15 is 0 Å². The van der Waals surface area contributed by atoms with Crippen molar-refractivity contribution in [2.45, 2.75) is 25.9 Å². The number of likely N-dealkylation sites (tertiary alicyclic amines) is 1. The lowest BCUT2D eigenvalue weighted by Crippen LogP contribution is -2.35. The Kier molecular flexibility index (Phi) is 10.0. The number of hydrogen-bond donors (Lipinski definition) is 2. The van der Waals surface area contributed by atoms with E-state index in [1.165, 1.54) is 0 Å². The molecule has 1 aliphatic heterocycles. The van der Waals surface area contributed by atoms with Crippen LogP contribution >= 0.6 is 11.6 Å². The average molecular weight is 546 g/mol. The van der Waals surface area contributed by atoms with E-state index in [0.717, 1.165) is 53.8 Å². The maximum absolute atomic E-state index is 10.8. The van der Waals surface area contributed by atoms with Gasteiger partial charge < -0.3 is 19.7 Å². The van der Waals surface area contributed by atoms with Crippen LogP contribution in [0.2, 0.25) is 5.02 Å². The molecule has 39 heavy (non-hydrogen) atoms. The molecular formula is C32H32ClNO5. The van der Waals surface area contributed by atoms with Crippen molar-refractivity contribution in [2.24, 2.45) is 0 Å². The Balaban J connectivity index is 1.45. The molecule has 0 aromatic heterocycles. The molecule has 0 saturated carbocycles. The topological polar surface area (TPSA) is 79.2 Å². The fourth-order valence-corrected chi connectivity index (χ4v) is 4.46. The lowest BCUT2D eigenvalue weighted by Gasteiger charge is -2.27. The van der Waals surface area contributed by atoms with Crippen molar-refractivity contribution in [1.29, 1.82) is 0 Å². The number of aliphatic carboxylic acids is 1. The van der Waals surface area contributed by atoms with Gasteiger partial charge in [-0.25, -0.2) is 4.79 Å². The van der Waals surface area contributed by atoms with Crippen LogP contribution in [0.3, 0.4) is 0 Å². The number of carbonyl (C=O) groups is 1. The molecule has 0 radical (unpaired) electrons. The number of carboxylic acids is 1. The molecular weight excluding hydrogens is 514 g/mol. The minimum Gasteiger partial charge on any atom is -0.489 e. The van der Waals surface area contributed by atoms with Crippen molar-refractivity contribution >= 4 is 23.1 Å². The Morgan fingerprint density at radius 3 is 2.33 bits per heavy atom. The van der Waals surface area contributed by atoms with E-state index in [4.69, 9.17) is 26.2 Å². The first kappa shape index (κ1) is 28.3. The molecule has 0 aliphatic carbocycles. The zero-order valence-electron chi connectivity index (χ0n) is 21.9. The van der Waals surface area contributed by atoms with Crippen LogP contribution in [-0.4, -0.2) is 60.0 Å². The molecule has 202 valence electrons. The quantitative estimate of drug-likeness (QED) is 0.349. The molecule has 4 rings (SSSR count). The predicted molar refractivity (Wildman–Crippen MR) is 153 cm³/mol. The molecule has 3 aromatic carbocycles. The molecule has 0 atom stereocenters. The minimum absolute atomic E-state index is 0.176. The third-order valence-corrected chi connectivity index (χ3v) is 6.73. The summed E-state index contributed by atoms with van der Waals surface area (Å²) in [5.74, 6) is 6.66. The van der Waals surface area contributed by atoms with Crippen LogP contribution in [0.1, 0.15) is 35.1 Å². The van der Waals surface area contributed by atoms with Gasteiger partial charge in [0.25, 0.3) is 0 Å². The summed E-state index contributed by atoms with van der Waals surface area (Å²) >= 11 is 6.13. The van der Waals surface area contributed by atoms with Crippen LogP contribution in [0.15, 0.2) is 72.8 Å². The Labute approximate surface area is 234 Å². The summed E-state index contributed by atoms with van der Waals surface area (Å²) in [6.07, 6.45) is 3.47. The Morgan fingerprint density at radius 1 is 1.03 bits per heavy atom. The van der Waals surface area contributed by atoms with Gasteiger partial charge in [0.2, 0.25) is 0 Å². The molecule has 6 nitrogen and oxygen atoms in total. The minimum atomic E-state index is -1.02. The van der Waals surface area contributed by atoms with E-state index in [0.29, 0.717) is 29.7 Å². The average Bonchev–Trinajstić information content (AvgIpc) is 2.93. The van der Waals surface area contributed by atoms with Gasteiger partial charge in [-0.15, -0.1) is 0 Å². The zero-order chi connectivity index (χ0) is 27.6. The number of piperidine rings is 1. The summed E-state index contributed by atoms with van der Waals surface area (Å²) in [7, 11) is 0. The lowest BCUT2D eigenvalue weighted by atomic mass is 9.97. The van der Waals surface area contributed by atoms with Gasteiger partial charge in [-0.3, -0.25) is 4.90 Å². The summed E-state index contributed by atoms with van der Waals surface area (Å²) < 4.78 is 11.3. The first-order chi connectivity index (χ1) is 18.9. The van der Waals surface area contributed by atoms with Crippen molar-refractivity contribution in [3.05, 3.63) is 100 Å². The van der Waals surface area contributed by atoms with Gasteiger partial charge in [0, 0.05) is 23.7 Å². The van der Waals surface area contributed by atoms with E-state index in [2.05, 4.69) is 28.9 Å². The van der Waals surface area contributed by atoms with Crippen LogP contribution in [0.25, 0.3) is 5.57 Å². The van der Waals surface area contributed by atoms with Crippen LogP contribution in [-0.2, 0) is 4.79 Å². The molecule has 1 heterocycles. The van der Waals surface area contributed by atoms with Crippen molar-refractivity contribution < 1.29 is 24.5 Å². The Bertz CT molecular complexity index is 1350. The number of aliphatic hydroxyl groups excluding tert-OH is 1. The smallest absolute Gasteiger partial charge is 0.341 e. The van der Waals surface area contributed by atoms with Gasteiger partial charge >= 0.3 is 5.97 Å². The highest BCUT2D eigenvalue weighted by Crippen LogP contribution is 2.27. The first-order valence-electron chi connectivity index (χ1n) is 12.9. The van der Waals surface area contributed by atoms with E-state index in [9.17, 15) is 9.90 Å². The lowest BCUT2D eigenvalue weighted by molar-refractivity contribution is -0.139. The van der Waals surface area contributed by atoms with Crippen molar-refractivity contribution in [3.63, 3.8) is 0 Å². The van der Waals surface area contributed by atoms with Crippen molar-refractivity contribution in [1.82, 2.24) is 4.90 Å². The molecule has 1 aliphatic rings. The number of rotatable bonds is 9. The highest BCUT2D eigenvalue weighted by atomic mass is 35.5. The highest BCUT2D eigenvalue weighted by molar-refractivity contribution is 6.30. The number of benzene rings is 3. The SMILES string of the molecule is Cc1cc(OCC=C(c2ccc(Cl)cc2)c2ccc(C#CCN3CCC(O)CC3)cc2)ccc1OCC(=O)O. The summed E-state index contributed by atoms with van der Waals surface area (Å²) in [5, 5.41) is 19.2. The molecule has 0 amide bonds. The Hall–Kier alpha value is -3.76. The molecule has 0 bridgehead atoms. The molecule has 2 N–H and O–H groups in total. The second kappa shape index (κ2) is 13.9. The van der Waals surface area contributed by atoms with Crippen LogP contribution in [0, 0.1) is 18.8 Å². The van der Waals surface area contributed by atoms with Gasteiger partial charge in [-0.2, -0.15) is 0 Å². The highest BCUT2D eigenvalue weighted by Gasteiger charge is 2.15. The Morgan fingerprint density at radius 2 is 1.69 bits per heavy atom. The van der Waals surface area contributed by atoms with Crippen LogP contribution in [0.4, 0.5) is 0 Å². The maximum atomic E-state index is 10.8. The summed E-state index contributed by atoms with van der Waals surface area (Å²) in [6, 6.07) is 21.2. The summed E-state index contributed by atoms with van der Waals surface area (Å²) in [6.45, 7) is 4.26. The largest absolute Gasteiger partial charge is 0.489 e. The number of halogens is 1. The van der Waals surface area contributed by atoms with E-state index in [-0.39, 0.29) is 12.7 Å². The normalized spacial score (nSPS) is 14.4. The van der Waals surface area contributed by atoms with Crippen molar-refractivity contribution in [2.75, 3.05) is 32.8 Å². The number of hydrogen-bond acceptors (Lipinski definition) is 5. The monoisotopic (exact) mass is 545 g/mol. The third kappa shape index (κ3) is 8.62. The number of carboxylic acid groups (broad SMARTS) is 1. The second-order valence-electron chi connectivity index (χ2n) is 9.43. The molecule has 1 saturated heterocycles. The molecule has 1 fully saturated rings. The number of ether oxygens (including phenoxy) is 2.